The molecule has 1 aliphatic rings. The number of nitrogens with zero attached hydrogens (tertiary/aromatic N) is 1. The molecule has 2 aromatic carbocycles. The average Bonchev–Trinajstić information content (AvgIpc) is 3.16. The number of carbonyl (C=O) groups excluding carboxylic acids is 1. The van der Waals surface area contributed by atoms with E-state index in [9.17, 15) is 13.2 Å². The Balaban J connectivity index is 1.43. The monoisotopic (exact) mass is 463 g/mol. The van der Waals surface area contributed by atoms with Crippen molar-refractivity contribution in [3.8, 4) is 17.0 Å². The lowest BCUT2D eigenvalue weighted by Gasteiger charge is -2.27. The van der Waals surface area contributed by atoms with Gasteiger partial charge in [-0.1, -0.05) is 35.9 Å². The highest BCUT2D eigenvalue weighted by molar-refractivity contribution is 7.90. The van der Waals surface area contributed by atoms with Crippen LogP contribution < -0.4 is 15.4 Å². The van der Waals surface area contributed by atoms with E-state index in [1.54, 1.807) is 23.6 Å². The fourth-order valence-corrected chi connectivity index (χ4v) is 4.75. The van der Waals surface area contributed by atoms with Crippen molar-refractivity contribution in [2.45, 2.75) is 17.4 Å². The van der Waals surface area contributed by atoms with Gasteiger partial charge in [0.2, 0.25) is 0 Å². The van der Waals surface area contributed by atoms with Gasteiger partial charge in [0, 0.05) is 29.2 Å². The van der Waals surface area contributed by atoms with E-state index in [0.29, 0.717) is 34.6 Å². The van der Waals surface area contributed by atoms with Crippen LogP contribution in [0.3, 0.4) is 0 Å². The quantitative estimate of drug-likeness (QED) is 0.593. The van der Waals surface area contributed by atoms with Gasteiger partial charge in [0.25, 0.3) is 0 Å². The highest BCUT2D eigenvalue weighted by Crippen LogP contribution is 2.37. The molecule has 0 saturated carbocycles. The van der Waals surface area contributed by atoms with Gasteiger partial charge in [0.05, 0.1) is 28.3 Å². The number of thiazole rings is 1. The van der Waals surface area contributed by atoms with Crippen molar-refractivity contribution in [1.29, 1.82) is 0 Å². The number of urea groups is 1. The van der Waals surface area contributed by atoms with E-state index < -0.39 is 9.84 Å². The number of para-hydroxylation sites is 1. The number of fused-ring (bicyclic) bond motifs is 1. The van der Waals surface area contributed by atoms with Crippen LogP contribution in [0.4, 0.5) is 9.93 Å². The van der Waals surface area contributed by atoms with E-state index in [2.05, 4.69) is 15.6 Å². The summed E-state index contributed by atoms with van der Waals surface area (Å²) in [5.41, 5.74) is 2.26. The molecule has 30 heavy (non-hydrogen) atoms. The summed E-state index contributed by atoms with van der Waals surface area (Å²) in [6.45, 7) is 0.465. The number of nitrogens with one attached hydrogen (secondary N) is 2. The molecule has 4 rings (SSSR count). The Labute approximate surface area is 183 Å². The molecule has 0 bridgehead atoms. The number of hydrogen-bond donors (Lipinski definition) is 2. The topological polar surface area (TPSA) is 97.4 Å². The van der Waals surface area contributed by atoms with Crippen molar-refractivity contribution in [2.24, 2.45) is 0 Å². The van der Waals surface area contributed by atoms with Crippen LogP contribution in [0, 0.1) is 0 Å². The standard InChI is InChI=1S/C20H18ClN3O4S2/c1-30(26,27)13-7-5-12(6-8-13)17-11-29-20(23-17)24-19(25)22-16-9-10-28-18-14(16)3-2-4-15(18)21/h2-8,11,16H,9-10H2,1H3,(H2,22,23,24,25)/t16-/m0/s1. The first-order valence-corrected chi connectivity index (χ1v) is 12.2. The lowest BCUT2D eigenvalue weighted by atomic mass is 10.0. The fraction of sp³-hybridized carbons (Fsp3) is 0.200. The normalized spacial score (nSPS) is 15.7. The molecule has 10 heteroatoms. The van der Waals surface area contributed by atoms with Crippen LogP contribution in [0.2, 0.25) is 5.02 Å². The Morgan fingerprint density at radius 1 is 1.23 bits per heavy atom. The van der Waals surface area contributed by atoms with Crippen LogP contribution in [0.15, 0.2) is 52.7 Å². The Hall–Kier alpha value is -2.62. The molecule has 0 radical (unpaired) electrons. The fourth-order valence-electron chi connectivity index (χ4n) is 3.16. The minimum atomic E-state index is -3.25. The summed E-state index contributed by atoms with van der Waals surface area (Å²) in [5.74, 6) is 0.602. The number of benzene rings is 2. The molecule has 1 atom stereocenters. The van der Waals surface area contributed by atoms with E-state index in [1.807, 2.05) is 12.1 Å². The summed E-state index contributed by atoms with van der Waals surface area (Å²) in [6, 6.07) is 11.3. The molecule has 1 aromatic heterocycles. The first-order chi connectivity index (χ1) is 14.3. The number of hydrogen-bond acceptors (Lipinski definition) is 6. The zero-order valence-corrected chi connectivity index (χ0v) is 18.3. The van der Waals surface area contributed by atoms with Crippen molar-refractivity contribution in [3.63, 3.8) is 0 Å². The van der Waals surface area contributed by atoms with Gasteiger partial charge in [-0.05, 0) is 18.2 Å². The van der Waals surface area contributed by atoms with Gasteiger partial charge in [0.15, 0.2) is 15.0 Å². The van der Waals surface area contributed by atoms with Crippen LogP contribution in [0.25, 0.3) is 11.3 Å². The van der Waals surface area contributed by atoms with Crippen LogP contribution >= 0.6 is 22.9 Å². The second kappa shape index (κ2) is 8.25. The maximum Gasteiger partial charge on any atom is 0.321 e. The van der Waals surface area contributed by atoms with Crippen LogP contribution in [0.1, 0.15) is 18.0 Å². The summed E-state index contributed by atoms with van der Waals surface area (Å²) < 4.78 is 28.8. The predicted molar refractivity (Wildman–Crippen MR) is 117 cm³/mol. The van der Waals surface area contributed by atoms with Gasteiger partial charge in [-0.3, -0.25) is 5.32 Å². The maximum absolute atomic E-state index is 12.5. The zero-order chi connectivity index (χ0) is 21.3. The molecule has 156 valence electrons. The summed E-state index contributed by atoms with van der Waals surface area (Å²) in [7, 11) is -3.25. The lowest BCUT2D eigenvalue weighted by molar-refractivity contribution is 0.232. The van der Waals surface area contributed by atoms with Crippen LogP contribution in [0.5, 0.6) is 5.75 Å². The van der Waals surface area contributed by atoms with Gasteiger partial charge in [-0.15, -0.1) is 11.3 Å². The minimum absolute atomic E-state index is 0.213. The third kappa shape index (κ3) is 4.43. The van der Waals surface area contributed by atoms with E-state index in [-0.39, 0.29) is 17.0 Å². The zero-order valence-electron chi connectivity index (χ0n) is 15.9. The third-order valence-corrected chi connectivity index (χ3v) is 6.82. The molecular weight excluding hydrogens is 446 g/mol. The highest BCUT2D eigenvalue weighted by atomic mass is 35.5. The highest BCUT2D eigenvalue weighted by Gasteiger charge is 2.25. The van der Waals surface area contributed by atoms with Gasteiger partial charge in [-0.2, -0.15) is 0 Å². The summed E-state index contributed by atoms with van der Waals surface area (Å²) >= 11 is 7.46. The molecule has 0 aliphatic carbocycles. The maximum atomic E-state index is 12.5. The number of sulfone groups is 1. The average molecular weight is 464 g/mol. The molecule has 2 amide bonds. The Kier molecular flexibility index (Phi) is 5.68. The predicted octanol–water partition coefficient (Wildman–Crippen LogP) is 4.51. The molecule has 7 nitrogen and oxygen atoms in total. The number of anilines is 1. The molecule has 0 saturated heterocycles. The van der Waals surface area contributed by atoms with Gasteiger partial charge in [0.1, 0.15) is 5.75 Å². The Bertz CT molecular complexity index is 1190. The van der Waals surface area contributed by atoms with Gasteiger partial charge < -0.3 is 10.1 Å². The largest absolute Gasteiger partial charge is 0.492 e. The molecule has 3 aromatic rings. The number of carbonyl (C=O) groups is 1. The molecule has 1 aliphatic heterocycles. The van der Waals surface area contributed by atoms with E-state index in [4.69, 9.17) is 16.3 Å². The Morgan fingerprint density at radius 3 is 2.73 bits per heavy atom. The number of rotatable bonds is 4. The van der Waals surface area contributed by atoms with Gasteiger partial charge >= 0.3 is 6.03 Å². The second-order valence-electron chi connectivity index (χ2n) is 6.78. The molecule has 0 fully saturated rings. The van der Waals surface area contributed by atoms with Crippen LogP contribution in [-0.4, -0.2) is 32.3 Å². The van der Waals surface area contributed by atoms with Crippen LogP contribution in [-0.2, 0) is 9.84 Å². The summed E-state index contributed by atoms with van der Waals surface area (Å²) in [5, 5.41) is 8.44. The molecule has 0 spiro atoms. The summed E-state index contributed by atoms with van der Waals surface area (Å²) in [6.07, 6.45) is 1.80. The van der Waals surface area contributed by atoms with Crippen molar-refractivity contribution in [1.82, 2.24) is 10.3 Å². The first-order valence-electron chi connectivity index (χ1n) is 9.06. The third-order valence-electron chi connectivity index (χ3n) is 4.63. The first kappa shape index (κ1) is 20.6. The van der Waals surface area contributed by atoms with Crippen molar-refractivity contribution >= 4 is 43.9 Å². The number of aromatic nitrogens is 1. The van der Waals surface area contributed by atoms with Crippen molar-refractivity contribution < 1.29 is 17.9 Å². The molecule has 2 heterocycles. The Morgan fingerprint density at radius 2 is 2.00 bits per heavy atom. The number of amides is 2. The summed E-state index contributed by atoms with van der Waals surface area (Å²) in [4.78, 5) is 17.1. The van der Waals surface area contributed by atoms with E-state index in [0.717, 1.165) is 17.4 Å². The lowest BCUT2D eigenvalue weighted by Crippen LogP contribution is -2.35. The van der Waals surface area contributed by atoms with Crippen molar-refractivity contribution in [3.05, 3.63) is 58.4 Å². The van der Waals surface area contributed by atoms with E-state index in [1.165, 1.54) is 23.5 Å². The van der Waals surface area contributed by atoms with E-state index >= 15 is 0 Å². The number of halogens is 1. The molecule has 0 unspecified atom stereocenters. The number of ether oxygens (including phenoxy) is 1. The second-order valence-corrected chi connectivity index (χ2v) is 10.1. The SMILES string of the molecule is CS(=O)(=O)c1ccc(-c2csc(NC(=O)N[C@H]3CCOc4c(Cl)cccc43)n2)cc1. The smallest absolute Gasteiger partial charge is 0.321 e. The molecular formula is C20H18ClN3O4S2. The molecule has 2 N–H and O–H groups in total. The van der Waals surface area contributed by atoms with Gasteiger partial charge in [-0.25, -0.2) is 18.2 Å². The minimum Gasteiger partial charge on any atom is -0.492 e. The van der Waals surface area contributed by atoms with Crippen molar-refractivity contribution in [2.75, 3.05) is 18.2 Å².